The fraction of sp³-hybridized carbons (Fsp3) is 0.375. The molecule has 2 aromatic rings. The first kappa shape index (κ1) is 24.4. The topological polar surface area (TPSA) is 96.4 Å². The van der Waals surface area contributed by atoms with Crippen molar-refractivity contribution in [3.63, 3.8) is 0 Å². The highest BCUT2D eigenvalue weighted by atomic mass is 35.5. The van der Waals surface area contributed by atoms with Gasteiger partial charge >= 0.3 is 12.1 Å². The summed E-state index contributed by atoms with van der Waals surface area (Å²) in [6.07, 6.45) is 0.110. The number of carbonyl (C=O) groups is 3. The summed E-state index contributed by atoms with van der Waals surface area (Å²) in [5.41, 5.74) is -0.220. The molecule has 3 rings (SSSR count). The molecule has 1 atom stereocenters. The molecular formula is C24H27ClN2O6. The molecule has 0 bridgehead atoms. The molecule has 1 aliphatic rings. The molecule has 2 amide bonds. The lowest BCUT2D eigenvalue weighted by Gasteiger charge is -2.49. The van der Waals surface area contributed by atoms with E-state index in [1.54, 1.807) is 48.2 Å². The minimum absolute atomic E-state index is 0.0529. The normalized spacial score (nSPS) is 17.1. The summed E-state index contributed by atoms with van der Waals surface area (Å²) in [6, 6.07) is 13.8. The Kier molecular flexibility index (Phi) is 7.81. The van der Waals surface area contributed by atoms with Crippen LogP contribution in [-0.4, -0.2) is 58.6 Å². The van der Waals surface area contributed by atoms with Gasteiger partial charge in [0.25, 0.3) is 0 Å². The Labute approximate surface area is 197 Å². The lowest BCUT2D eigenvalue weighted by molar-refractivity contribution is -0.150. The first-order valence-electron chi connectivity index (χ1n) is 10.6. The molecule has 1 unspecified atom stereocenters. The van der Waals surface area contributed by atoms with E-state index in [9.17, 15) is 14.4 Å². The van der Waals surface area contributed by atoms with E-state index < -0.39 is 17.6 Å². The Morgan fingerprint density at radius 3 is 2.45 bits per heavy atom. The van der Waals surface area contributed by atoms with Gasteiger partial charge in [-0.05, 0) is 49.6 Å². The molecule has 1 aliphatic heterocycles. The predicted octanol–water partition coefficient (Wildman–Crippen LogP) is 4.21. The number of carboxylic acids is 1. The second-order valence-corrected chi connectivity index (χ2v) is 8.51. The van der Waals surface area contributed by atoms with Crippen LogP contribution in [0.4, 0.5) is 4.79 Å². The van der Waals surface area contributed by atoms with Gasteiger partial charge in [-0.2, -0.15) is 0 Å². The molecule has 0 spiro atoms. The largest absolute Gasteiger partial charge is 0.497 e. The molecule has 1 N–H and O–H groups in total. The average molecular weight is 475 g/mol. The number of hydrogen-bond donors (Lipinski definition) is 1. The van der Waals surface area contributed by atoms with E-state index in [0.29, 0.717) is 35.9 Å². The van der Waals surface area contributed by atoms with E-state index >= 15 is 0 Å². The molecule has 9 heteroatoms. The molecule has 1 fully saturated rings. The summed E-state index contributed by atoms with van der Waals surface area (Å²) in [5, 5.41) is 9.58. The van der Waals surface area contributed by atoms with Gasteiger partial charge in [-0.15, -0.1) is 0 Å². The number of halogens is 1. The summed E-state index contributed by atoms with van der Waals surface area (Å²) >= 11 is 5.96. The van der Waals surface area contributed by atoms with Crippen LogP contribution in [-0.2, 0) is 16.1 Å². The van der Waals surface area contributed by atoms with E-state index in [-0.39, 0.29) is 25.4 Å². The van der Waals surface area contributed by atoms with Crippen LogP contribution in [0.5, 0.6) is 11.5 Å². The van der Waals surface area contributed by atoms with Crippen molar-refractivity contribution in [2.24, 2.45) is 0 Å². The van der Waals surface area contributed by atoms with Gasteiger partial charge in [-0.25, -0.2) is 4.79 Å². The third-order valence-electron chi connectivity index (χ3n) is 5.74. The van der Waals surface area contributed by atoms with Crippen molar-refractivity contribution >= 4 is 29.6 Å². The lowest BCUT2D eigenvalue weighted by Crippen LogP contribution is -2.68. The Bertz CT molecular complexity index is 1010. The van der Waals surface area contributed by atoms with Crippen molar-refractivity contribution in [2.75, 3.05) is 20.2 Å². The molecule has 0 saturated carbocycles. The number of likely N-dealkylation sites (tertiary alicyclic amines) is 1. The number of nitrogens with zero attached hydrogens (tertiary/aromatic N) is 2. The summed E-state index contributed by atoms with van der Waals surface area (Å²) in [5.74, 6) is -0.306. The molecule has 0 aromatic heterocycles. The smallest absolute Gasteiger partial charge is 0.416 e. The number of methoxy groups -OCH3 is 1. The first-order chi connectivity index (χ1) is 15.7. The van der Waals surface area contributed by atoms with E-state index in [1.807, 2.05) is 12.1 Å². The Hall–Kier alpha value is -3.26. The lowest BCUT2D eigenvalue weighted by atomic mass is 9.85. The minimum atomic E-state index is -1.08. The molecule has 33 heavy (non-hydrogen) atoms. The monoisotopic (exact) mass is 474 g/mol. The van der Waals surface area contributed by atoms with Crippen LogP contribution < -0.4 is 9.47 Å². The number of benzene rings is 2. The fourth-order valence-corrected chi connectivity index (χ4v) is 3.85. The average Bonchev–Trinajstić information content (AvgIpc) is 2.77. The summed E-state index contributed by atoms with van der Waals surface area (Å²) in [7, 11) is 1.52. The highest BCUT2D eigenvalue weighted by Crippen LogP contribution is 2.34. The number of carbonyl (C=O) groups excluding carboxylic acids is 2. The van der Waals surface area contributed by atoms with E-state index in [0.717, 1.165) is 5.56 Å². The summed E-state index contributed by atoms with van der Waals surface area (Å²) in [4.78, 5) is 40.4. The van der Waals surface area contributed by atoms with Crippen molar-refractivity contribution in [1.29, 1.82) is 0 Å². The van der Waals surface area contributed by atoms with E-state index in [4.69, 9.17) is 26.2 Å². The zero-order valence-electron chi connectivity index (χ0n) is 18.6. The van der Waals surface area contributed by atoms with Crippen LogP contribution in [0.2, 0.25) is 5.02 Å². The zero-order chi connectivity index (χ0) is 24.0. The van der Waals surface area contributed by atoms with Crippen molar-refractivity contribution in [3.8, 4) is 11.5 Å². The van der Waals surface area contributed by atoms with Gasteiger partial charge in [-0.1, -0.05) is 29.8 Å². The maximum absolute atomic E-state index is 13.5. The number of amides is 2. The Morgan fingerprint density at radius 2 is 1.85 bits per heavy atom. The molecular weight excluding hydrogens is 448 g/mol. The third kappa shape index (κ3) is 5.96. The Morgan fingerprint density at radius 1 is 1.15 bits per heavy atom. The zero-order valence-corrected chi connectivity index (χ0v) is 19.4. The quantitative estimate of drug-likeness (QED) is 0.585. The highest BCUT2D eigenvalue weighted by molar-refractivity contribution is 6.30. The van der Waals surface area contributed by atoms with Gasteiger partial charge in [0.05, 0.1) is 7.11 Å². The SMILES string of the molecule is COc1cccc(OC(=O)N2CCC2(C)C(=O)N(CCCC(=O)O)Cc2ccc(Cl)cc2)c1. The van der Waals surface area contributed by atoms with Gasteiger partial charge < -0.3 is 19.5 Å². The summed E-state index contributed by atoms with van der Waals surface area (Å²) < 4.78 is 10.6. The number of aliphatic carboxylic acids is 1. The summed E-state index contributed by atoms with van der Waals surface area (Å²) in [6.45, 7) is 2.62. The van der Waals surface area contributed by atoms with Crippen LogP contribution in [0.15, 0.2) is 48.5 Å². The molecule has 0 aliphatic carbocycles. The second kappa shape index (κ2) is 10.6. The van der Waals surface area contributed by atoms with Crippen LogP contribution in [0.3, 0.4) is 0 Å². The molecule has 1 heterocycles. The number of ether oxygens (including phenoxy) is 2. The minimum Gasteiger partial charge on any atom is -0.497 e. The maximum atomic E-state index is 13.5. The highest BCUT2D eigenvalue weighted by Gasteiger charge is 2.52. The van der Waals surface area contributed by atoms with E-state index in [1.165, 1.54) is 12.0 Å². The molecule has 0 radical (unpaired) electrons. The van der Waals surface area contributed by atoms with Gasteiger partial charge in [0.2, 0.25) is 5.91 Å². The second-order valence-electron chi connectivity index (χ2n) is 8.07. The first-order valence-corrected chi connectivity index (χ1v) is 11.0. The maximum Gasteiger partial charge on any atom is 0.416 e. The number of hydrogen-bond acceptors (Lipinski definition) is 5. The van der Waals surface area contributed by atoms with Crippen molar-refractivity contribution in [1.82, 2.24) is 9.80 Å². The van der Waals surface area contributed by atoms with Crippen molar-refractivity contribution in [2.45, 2.75) is 38.3 Å². The molecule has 176 valence electrons. The number of rotatable bonds is 9. The van der Waals surface area contributed by atoms with Crippen LogP contribution in [0.25, 0.3) is 0 Å². The van der Waals surface area contributed by atoms with Crippen molar-refractivity contribution in [3.05, 3.63) is 59.1 Å². The van der Waals surface area contributed by atoms with Crippen LogP contribution in [0.1, 0.15) is 31.7 Å². The van der Waals surface area contributed by atoms with Crippen LogP contribution in [0, 0.1) is 0 Å². The van der Waals surface area contributed by atoms with Gasteiger partial charge in [-0.3, -0.25) is 14.5 Å². The molecule has 2 aromatic carbocycles. The Balaban J connectivity index is 1.74. The van der Waals surface area contributed by atoms with Gasteiger partial charge in [0, 0.05) is 37.1 Å². The third-order valence-corrected chi connectivity index (χ3v) is 5.99. The van der Waals surface area contributed by atoms with Crippen molar-refractivity contribution < 1.29 is 29.0 Å². The fourth-order valence-electron chi connectivity index (χ4n) is 3.72. The number of carboxylic acid groups (broad SMARTS) is 1. The molecule has 8 nitrogen and oxygen atoms in total. The van der Waals surface area contributed by atoms with Crippen LogP contribution >= 0.6 is 11.6 Å². The predicted molar refractivity (Wildman–Crippen MR) is 122 cm³/mol. The van der Waals surface area contributed by atoms with Gasteiger partial charge in [0.1, 0.15) is 17.0 Å². The molecule has 1 saturated heterocycles. The van der Waals surface area contributed by atoms with E-state index in [2.05, 4.69) is 0 Å². The van der Waals surface area contributed by atoms with Gasteiger partial charge in [0.15, 0.2) is 0 Å². The standard InChI is InChI=1S/C24H27ClN2O6/c1-24(12-14-27(24)23(31)33-20-6-3-5-19(15-20)32-2)22(30)26(13-4-7-21(28)29)16-17-8-10-18(25)11-9-17/h3,5-6,8-11,15H,4,7,12-14,16H2,1-2H3,(H,28,29).